The number of rotatable bonds is 8. The maximum absolute atomic E-state index is 14.4. The lowest BCUT2D eigenvalue weighted by Crippen LogP contribution is -2.18. The van der Waals surface area contributed by atoms with Crippen molar-refractivity contribution in [1.29, 1.82) is 0 Å². The fourth-order valence-corrected chi connectivity index (χ4v) is 3.08. The molecule has 0 spiro atoms. The molecule has 34 heavy (non-hydrogen) atoms. The lowest BCUT2D eigenvalue weighted by Gasteiger charge is -2.16. The first-order valence-electron chi connectivity index (χ1n) is 9.67. The minimum Gasteiger partial charge on any atom is -0.493 e. The van der Waals surface area contributed by atoms with Crippen LogP contribution in [-0.2, 0) is 17.5 Å². The molecule has 0 saturated carbocycles. The SMILES string of the molecule is COc1cc2nc(C)nc(NCc3cccc(C(F)(F)F)c3F)c2cc1OCCOC(F)(F)F. The van der Waals surface area contributed by atoms with Gasteiger partial charge in [0.25, 0.3) is 0 Å². The Labute approximate surface area is 188 Å². The molecule has 1 aromatic heterocycles. The number of hydrogen-bond donors (Lipinski definition) is 1. The summed E-state index contributed by atoms with van der Waals surface area (Å²) in [4.78, 5) is 8.46. The van der Waals surface area contributed by atoms with Gasteiger partial charge in [0.15, 0.2) is 11.5 Å². The molecule has 0 aliphatic heterocycles. The second kappa shape index (κ2) is 9.87. The van der Waals surface area contributed by atoms with Crippen LogP contribution in [0.1, 0.15) is 17.0 Å². The number of halogens is 7. The molecule has 2 aromatic carbocycles. The Hall–Kier alpha value is -3.35. The monoisotopic (exact) mass is 493 g/mol. The Kier molecular flexibility index (Phi) is 7.34. The molecule has 0 atom stereocenters. The van der Waals surface area contributed by atoms with E-state index in [1.54, 1.807) is 6.92 Å². The molecule has 0 unspecified atom stereocenters. The molecule has 1 heterocycles. The van der Waals surface area contributed by atoms with Gasteiger partial charge in [0.05, 0.1) is 24.8 Å². The Morgan fingerprint density at radius 3 is 2.35 bits per heavy atom. The number of aryl methyl sites for hydroxylation is 1. The lowest BCUT2D eigenvalue weighted by molar-refractivity contribution is -0.325. The van der Waals surface area contributed by atoms with E-state index in [-0.39, 0.29) is 29.4 Å². The van der Waals surface area contributed by atoms with Crippen LogP contribution >= 0.6 is 0 Å². The molecule has 0 aliphatic carbocycles. The first kappa shape index (κ1) is 25.3. The molecular weight excluding hydrogens is 475 g/mol. The summed E-state index contributed by atoms with van der Waals surface area (Å²) in [5.41, 5.74) is -1.28. The van der Waals surface area contributed by atoms with Crippen molar-refractivity contribution < 1.29 is 44.9 Å². The molecule has 184 valence electrons. The summed E-state index contributed by atoms with van der Waals surface area (Å²) >= 11 is 0. The number of nitrogens with zero attached hydrogens (tertiary/aromatic N) is 2. The summed E-state index contributed by atoms with van der Waals surface area (Å²) in [5.74, 6) is -0.728. The summed E-state index contributed by atoms with van der Waals surface area (Å²) in [7, 11) is 1.32. The third-order valence-electron chi connectivity index (χ3n) is 4.53. The molecule has 0 bridgehead atoms. The first-order chi connectivity index (χ1) is 15.9. The van der Waals surface area contributed by atoms with Crippen molar-refractivity contribution in [3.8, 4) is 11.5 Å². The zero-order valence-corrected chi connectivity index (χ0v) is 17.8. The summed E-state index contributed by atoms with van der Waals surface area (Å²) < 4.78 is 104. The van der Waals surface area contributed by atoms with Crippen LogP contribution in [0.25, 0.3) is 10.9 Å². The maximum atomic E-state index is 14.4. The van der Waals surface area contributed by atoms with E-state index in [9.17, 15) is 30.7 Å². The molecule has 3 aromatic rings. The molecule has 3 rings (SSSR count). The van der Waals surface area contributed by atoms with Gasteiger partial charge in [-0.25, -0.2) is 14.4 Å². The van der Waals surface area contributed by atoms with E-state index in [1.807, 2.05) is 0 Å². The summed E-state index contributed by atoms with van der Waals surface area (Å²) in [6, 6.07) is 5.78. The van der Waals surface area contributed by atoms with E-state index < -0.39 is 37.1 Å². The number of anilines is 1. The van der Waals surface area contributed by atoms with Crippen LogP contribution < -0.4 is 14.8 Å². The average Bonchev–Trinajstić information content (AvgIpc) is 2.73. The highest BCUT2D eigenvalue weighted by Crippen LogP contribution is 2.35. The predicted molar refractivity (Wildman–Crippen MR) is 107 cm³/mol. The number of fused-ring (bicyclic) bond motifs is 1. The van der Waals surface area contributed by atoms with Crippen LogP contribution in [0.3, 0.4) is 0 Å². The van der Waals surface area contributed by atoms with Crippen molar-refractivity contribution in [2.24, 2.45) is 0 Å². The molecule has 0 saturated heterocycles. The Morgan fingerprint density at radius 2 is 1.71 bits per heavy atom. The van der Waals surface area contributed by atoms with Crippen LogP contribution in [0.15, 0.2) is 30.3 Å². The van der Waals surface area contributed by atoms with Crippen molar-refractivity contribution in [2.75, 3.05) is 25.6 Å². The van der Waals surface area contributed by atoms with Crippen LogP contribution in [-0.4, -0.2) is 36.7 Å². The lowest BCUT2D eigenvalue weighted by atomic mass is 10.1. The number of ether oxygens (including phenoxy) is 3. The first-order valence-corrected chi connectivity index (χ1v) is 9.67. The molecule has 0 aliphatic rings. The van der Waals surface area contributed by atoms with Crippen LogP contribution in [0.5, 0.6) is 11.5 Å². The second-order valence-corrected chi connectivity index (χ2v) is 6.91. The fraction of sp³-hybridized carbons (Fsp3) is 0.333. The normalized spacial score (nSPS) is 12.1. The second-order valence-electron chi connectivity index (χ2n) is 6.91. The summed E-state index contributed by atoms with van der Waals surface area (Å²) in [6.07, 6.45) is -9.66. The van der Waals surface area contributed by atoms with E-state index in [2.05, 4.69) is 20.0 Å². The topological polar surface area (TPSA) is 65.5 Å². The zero-order valence-electron chi connectivity index (χ0n) is 17.8. The van der Waals surface area contributed by atoms with Gasteiger partial charge in [0.2, 0.25) is 0 Å². The Balaban J connectivity index is 1.89. The third kappa shape index (κ3) is 6.16. The molecule has 0 fully saturated rings. The van der Waals surface area contributed by atoms with Gasteiger partial charge >= 0.3 is 12.5 Å². The Morgan fingerprint density at radius 1 is 0.971 bits per heavy atom. The van der Waals surface area contributed by atoms with Gasteiger partial charge in [0.1, 0.15) is 24.1 Å². The zero-order chi connectivity index (χ0) is 25.1. The minimum absolute atomic E-state index is 0.0570. The van der Waals surface area contributed by atoms with E-state index in [0.717, 1.165) is 6.07 Å². The van der Waals surface area contributed by atoms with Crippen molar-refractivity contribution in [2.45, 2.75) is 26.0 Å². The highest BCUT2D eigenvalue weighted by molar-refractivity contribution is 5.91. The van der Waals surface area contributed by atoms with Gasteiger partial charge in [-0.05, 0) is 19.1 Å². The summed E-state index contributed by atoms with van der Waals surface area (Å²) in [6.45, 7) is 0.0190. The maximum Gasteiger partial charge on any atom is 0.522 e. The largest absolute Gasteiger partial charge is 0.522 e. The van der Waals surface area contributed by atoms with Crippen molar-refractivity contribution in [3.05, 3.63) is 53.1 Å². The molecular formula is C21H18F7N3O3. The van der Waals surface area contributed by atoms with Crippen LogP contribution in [0, 0.1) is 12.7 Å². The number of alkyl halides is 6. The number of nitrogens with one attached hydrogen (secondary N) is 1. The summed E-state index contributed by atoms with van der Waals surface area (Å²) in [5, 5.41) is 3.11. The van der Waals surface area contributed by atoms with E-state index in [0.29, 0.717) is 22.8 Å². The highest BCUT2D eigenvalue weighted by Gasteiger charge is 2.34. The number of benzene rings is 2. The Bertz CT molecular complexity index is 1170. The van der Waals surface area contributed by atoms with Gasteiger partial charge in [-0.3, -0.25) is 4.74 Å². The van der Waals surface area contributed by atoms with E-state index >= 15 is 0 Å². The molecule has 13 heteroatoms. The van der Waals surface area contributed by atoms with Gasteiger partial charge in [-0.2, -0.15) is 13.2 Å². The standard InChI is InChI=1S/C21H18F7N3O3/c1-11-30-15-9-16(32-2)17(33-6-7-34-21(26,27)28)8-13(15)19(31-11)29-10-12-4-3-5-14(18(12)22)20(23,24)25/h3-5,8-9H,6-7,10H2,1-2H3,(H,29,30,31). The van der Waals surface area contributed by atoms with Crippen molar-refractivity contribution in [3.63, 3.8) is 0 Å². The van der Waals surface area contributed by atoms with Gasteiger partial charge in [-0.1, -0.05) is 12.1 Å². The molecule has 1 N–H and O–H groups in total. The van der Waals surface area contributed by atoms with Crippen LogP contribution in [0.4, 0.5) is 36.6 Å². The van der Waals surface area contributed by atoms with Crippen LogP contribution in [0.2, 0.25) is 0 Å². The fourth-order valence-electron chi connectivity index (χ4n) is 3.08. The molecule has 0 radical (unpaired) electrons. The van der Waals surface area contributed by atoms with Crippen molar-refractivity contribution >= 4 is 16.7 Å². The molecule has 6 nitrogen and oxygen atoms in total. The highest BCUT2D eigenvalue weighted by atomic mass is 19.4. The van der Waals surface area contributed by atoms with Crippen molar-refractivity contribution in [1.82, 2.24) is 9.97 Å². The minimum atomic E-state index is -4.85. The number of methoxy groups -OCH3 is 1. The number of hydrogen-bond acceptors (Lipinski definition) is 6. The number of aromatic nitrogens is 2. The van der Waals surface area contributed by atoms with E-state index in [4.69, 9.17) is 9.47 Å². The third-order valence-corrected chi connectivity index (χ3v) is 4.53. The average molecular weight is 493 g/mol. The smallest absolute Gasteiger partial charge is 0.493 e. The predicted octanol–water partition coefficient (Wildman–Crippen LogP) is 5.63. The van der Waals surface area contributed by atoms with Gasteiger partial charge < -0.3 is 14.8 Å². The van der Waals surface area contributed by atoms with Gasteiger partial charge in [-0.15, -0.1) is 13.2 Å². The van der Waals surface area contributed by atoms with E-state index in [1.165, 1.54) is 25.3 Å². The van der Waals surface area contributed by atoms with Gasteiger partial charge in [0, 0.05) is 23.6 Å². The molecule has 0 amide bonds. The quantitative estimate of drug-likeness (QED) is 0.324.